The lowest BCUT2D eigenvalue weighted by molar-refractivity contribution is -0.137. The summed E-state index contributed by atoms with van der Waals surface area (Å²) >= 11 is 0. The summed E-state index contributed by atoms with van der Waals surface area (Å²) in [7, 11) is 1.79. The highest BCUT2D eigenvalue weighted by Crippen LogP contribution is 2.33. The van der Waals surface area contributed by atoms with Crippen molar-refractivity contribution < 1.29 is 18.0 Å². The van der Waals surface area contributed by atoms with Crippen molar-refractivity contribution in [3.05, 3.63) is 59.5 Å². The van der Waals surface area contributed by atoms with E-state index < -0.39 is 11.7 Å². The molecule has 10 heteroatoms. The number of rotatable bonds is 2. The number of halogens is 3. The van der Waals surface area contributed by atoms with E-state index in [9.17, 15) is 18.0 Å². The van der Waals surface area contributed by atoms with Crippen LogP contribution in [-0.2, 0) is 13.2 Å². The van der Waals surface area contributed by atoms with E-state index in [0.717, 1.165) is 28.6 Å². The second-order valence-electron chi connectivity index (χ2n) is 7.97. The van der Waals surface area contributed by atoms with Crippen molar-refractivity contribution in [3.63, 3.8) is 0 Å². The minimum atomic E-state index is -4.36. The van der Waals surface area contributed by atoms with Gasteiger partial charge >= 0.3 is 6.18 Å². The number of aryl methyl sites for hydroxylation is 1. The van der Waals surface area contributed by atoms with Crippen LogP contribution in [0.1, 0.15) is 34.0 Å². The minimum Gasteiger partial charge on any atom is -0.383 e. The molecule has 3 aromatic heterocycles. The molecule has 0 spiro atoms. The first-order valence-electron chi connectivity index (χ1n) is 10.1. The average Bonchev–Trinajstić information content (AvgIpc) is 3.41. The number of anilines is 1. The van der Waals surface area contributed by atoms with Gasteiger partial charge in [0.1, 0.15) is 11.5 Å². The molecule has 1 amide bonds. The van der Waals surface area contributed by atoms with Crippen LogP contribution >= 0.6 is 0 Å². The van der Waals surface area contributed by atoms with Crippen LogP contribution in [0.2, 0.25) is 0 Å². The second kappa shape index (κ2) is 7.18. The van der Waals surface area contributed by atoms with Gasteiger partial charge in [-0.05, 0) is 30.2 Å². The number of pyridine rings is 2. The van der Waals surface area contributed by atoms with Gasteiger partial charge in [0, 0.05) is 31.4 Å². The van der Waals surface area contributed by atoms with E-state index in [2.05, 4.69) is 15.1 Å². The van der Waals surface area contributed by atoms with Crippen LogP contribution in [-0.4, -0.2) is 43.6 Å². The Morgan fingerprint density at radius 2 is 1.91 bits per heavy atom. The second-order valence-corrected chi connectivity index (χ2v) is 7.97. The molecular weight excluding hydrogens is 421 g/mol. The molecule has 0 aliphatic carbocycles. The third kappa shape index (κ3) is 3.31. The highest BCUT2D eigenvalue weighted by atomic mass is 19.4. The summed E-state index contributed by atoms with van der Waals surface area (Å²) in [4.78, 5) is 23.4. The van der Waals surface area contributed by atoms with Crippen molar-refractivity contribution in [1.29, 1.82) is 0 Å². The summed E-state index contributed by atoms with van der Waals surface area (Å²) < 4.78 is 40.1. The van der Waals surface area contributed by atoms with E-state index >= 15 is 0 Å². The molecule has 32 heavy (non-hydrogen) atoms. The van der Waals surface area contributed by atoms with Crippen molar-refractivity contribution >= 4 is 33.5 Å². The Balaban J connectivity index is 1.41. The zero-order chi connectivity index (χ0) is 22.6. The van der Waals surface area contributed by atoms with E-state index in [0.29, 0.717) is 36.2 Å². The SMILES string of the molecule is Cn1ncc2c(N)nc3cnc(C(=O)N4CC[C@H](c5ccc(C(F)(F)F)cc5)C4)cc3c21. The number of carbonyl (C=O) groups excluding carboxylic acids is 1. The Bertz CT molecular complexity index is 1350. The zero-order valence-corrected chi connectivity index (χ0v) is 17.1. The lowest BCUT2D eigenvalue weighted by Gasteiger charge is -2.17. The quantitative estimate of drug-likeness (QED) is 0.513. The van der Waals surface area contributed by atoms with Crippen LogP contribution in [0.25, 0.3) is 21.8 Å². The summed E-state index contributed by atoms with van der Waals surface area (Å²) in [5, 5.41) is 5.66. The highest BCUT2D eigenvalue weighted by Gasteiger charge is 2.32. The number of likely N-dealkylation sites (tertiary alicyclic amines) is 1. The summed E-state index contributed by atoms with van der Waals surface area (Å²) in [6, 6.07) is 6.85. The van der Waals surface area contributed by atoms with Gasteiger partial charge in [0.2, 0.25) is 0 Å². The Kier molecular flexibility index (Phi) is 4.54. The molecule has 4 aromatic rings. The smallest absolute Gasteiger partial charge is 0.383 e. The fraction of sp³-hybridized carbons (Fsp3) is 0.273. The lowest BCUT2D eigenvalue weighted by atomic mass is 9.97. The molecule has 1 saturated heterocycles. The number of nitrogens with zero attached hydrogens (tertiary/aromatic N) is 5. The van der Waals surface area contributed by atoms with Crippen LogP contribution in [0, 0.1) is 0 Å². The predicted molar refractivity (Wildman–Crippen MR) is 113 cm³/mol. The maximum Gasteiger partial charge on any atom is 0.416 e. The van der Waals surface area contributed by atoms with Crippen molar-refractivity contribution in [1.82, 2.24) is 24.6 Å². The normalized spacial score (nSPS) is 16.9. The van der Waals surface area contributed by atoms with Gasteiger partial charge in [0.15, 0.2) is 0 Å². The molecule has 7 nitrogen and oxygen atoms in total. The van der Waals surface area contributed by atoms with Gasteiger partial charge in [-0.15, -0.1) is 0 Å². The first kappa shape index (κ1) is 20.2. The molecule has 1 atom stereocenters. The largest absolute Gasteiger partial charge is 0.416 e. The number of aromatic nitrogens is 4. The number of amides is 1. The molecule has 0 saturated carbocycles. The van der Waals surface area contributed by atoms with Crippen LogP contribution in [0.5, 0.6) is 0 Å². The highest BCUT2D eigenvalue weighted by molar-refractivity contribution is 6.09. The van der Waals surface area contributed by atoms with Gasteiger partial charge in [-0.1, -0.05) is 12.1 Å². The third-order valence-corrected chi connectivity index (χ3v) is 6.00. The molecule has 0 radical (unpaired) electrons. The number of hydrogen-bond acceptors (Lipinski definition) is 5. The number of hydrogen-bond donors (Lipinski definition) is 1. The number of nitrogen functional groups attached to an aromatic ring is 1. The minimum absolute atomic E-state index is 0.0214. The summed E-state index contributed by atoms with van der Waals surface area (Å²) in [5.74, 6) is 0.0980. The summed E-state index contributed by atoms with van der Waals surface area (Å²) in [5.41, 5.74) is 7.73. The fourth-order valence-electron chi connectivity index (χ4n) is 4.30. The van der Waals surface area contributed by atoms with Crippen molar-refractivity contribution in [3.8, 4) is 0 Å². The summed E-state index contributed by atoms with van der Waals surface area (Å²) in [6.07, 6.45) is -0.533. The van der Waals surface area contributed by atoms with Crippen LogP contribution < -0.4 is 5.73 Å². The van der Waals surface area contributed by atoms with Crippen LogP contribution in [0.3, 0.4) is 0 Å². The number of nitrogens with two attached hydrogens (primary N) is 1. The van der Waals surface area contributed by atoms with Gasteiger partial charge < -0.3 is 10.6 Å². The van der Waals surface area contributed by atoms with Crippen molar-refractivity contribution in [2.75, 3.05) is 18.8 Å². The maximum atomic E-state index is 13.1. The Labute approximate surface area is 180 Å². The number of carbonyl (C=O) groups is 1. The first-order chi connectivity index (χ1) is 15.2. The molecule has 1 aliphatic heterocycles. The lowest BCUT2D eigenvalue weighted by Crippen LogP contribution is -2.29. The van der Waals surface area contributed by atoms with Gasteiger partial charge in [0.05, 0.1) is 34.4 Å². The molecule has 5 rings (SSSR count). The standard InChI is InChI=1S/C22H19F3N6O/c1-30-19-15-8-17(27-10-18(15)29-20(26)16(19)9-28-30)21(32)31-7-6-13(11-31)12-2-4-14(5-3-12)22(23,24)25/h2-5,8-10,13H,6-7,11H2,1H3,(H2,26,29)/t13-/m0/s1. The summed E-state index contributed by atoms with van der Waals surface area (Å²) in [6.45, 7) is 0.927. The van der Waals surface area contributed by atoms with E-state index in [1.807, 2.05) is 0 Å². The Morgan fingerprint density at radius 3 is 2.62 bits per heavy atom. The Morgan fingerprint density at radius 1 is 1.16 bits per heavy atom. The van der Waals surface area contributed by atoms with E-state index in [4.69, 9.17) is 5.73 Å². The molecule has 0 bridgehead atoms. The molecule has 1 aliphatic rings. The van der Waals surface area contributed by atoms with Crippen LogP contribution in [0.4, 0.5) is 19.0 Å². The van der Waals surface area contributed by atoms with E-state index in [1.165, 1.54) is 18.3 Å². The monoisotopic (exact) mass is 440 g/mol. The first-order valence-corrected chi connectivity index (χ1v) is 10.1. The molecule has 164 valence electrons. The molecule has 4 heterocycles. The van der Waals surface area contributed by atoms with E-state index in [-0.39, 0.29) is 17.5 Å². The van der Waals surface area contributed by atoms with Gasteiger partial charge in [-0.3, -0.25) is 9.48 Å². The predicted octanol–water partition coefficient (Wildman–Crippen LogP) is 3.75. The van der Waals surface area contributed by atoms with Gasteiger partial charge in [-0.25, -0.2) is 9.97 Å². The third-order valence-electron chi connectivity index (χ3n) is 6.00. The Hall–Kier alpha value is -3.69. The number of fused-ring (bicyclic) bond motifs is 3. The molecule has 1 aromatic carbocycles. The average molecular weight is 440 g/mol. The maximum absolute atomic E-state index is 13.1. The molecule has 1 fully saturated rings. The molecular formula is C22H19F3N6O. The van der Waals surface area contributed by atoms with Crippen LogP contribution in [0.15, 0.2) is 42.7 Å². The van der Waals surface area contributed by atoms with Gasteiger partial charge in [-0.2, -0.15) is 18.3 Å². The molecule has 2 N–H and O–H groups in total. The van der Waals surface area contributed by atoms with Gasteiger partial charge in [0.25, 0.3) is 5.91 Å². The van der Waals surface area contributed by atoms with Crippen molar-refractivity contribution in [2.45, 2.75) is 18.5 Å². The number of benzene rings is 1. The fourth-order valence-corrected chi connectivity index (χ4v) is 4.30. The zero-order valence-electron chi connectivity index (χ0n) is 17.1. The van der Waals surface area contributed by atoms with E-state index in [1.54, 1.807) is 28.9 Å². The number of alkyl halides is 3. The molecule has 0 unspecified atom stereocenters. The topological polar surface area (TPSA) is 89.9 Å². The van der Waals surface area contributed by atoms with Crippen molar-refractivity contribution in [2.24, 2.45) is 7.05 Å².